The predicted octanol–water partition coefficient (Wildman–Crippen LogP) is 3.12. The Morgan fingerprint density at radius 1 is 1.33 bits per heavy atom. The first-order valence-corrected chi connectivity index (χ1v) is 9.78. The van der Waals surface area contributed by atoms with Crippen LogP contribution in [-0.2, 0) is 13.9 Å². The Hall–Kier alpha value is -0.163. The second-order valence-electron chi connectivity index (χ2n) is 6.83. The van der Waals surface area contributed by atoms with Crippen LogP contribution in [0, 0.1) is 0 Å². The van der Waals surface area contributed by atoms with E-state index in [1.807, 2.05) is 6.08 Å². The highest BCUT2D eigenvalue weighted by atomic mass is 28.4. The highest BCUT2D eigenvalue weighted by Crippen LogP contribution is 2.37. The molecule has 0 aromatic heterocycles. The fourth-order valence-corrected chi connectivity index (χ4v) is 3.12. The van der Waals surface area contributed by atoms with Gasteiger partial charge in [0.25, 0.3) is 0 Å². The minimum atomic E-state index is -1.66. The van der Waals surface area contributed by atoms with Gasteiger partial charge in [-0.2, -0.15) is 0 Å². The van der Waals surface area contributed by atoms with E-state index in [0.717, 1.165) is 13.0 Å². The summed E-state index contributed by atoms with van der Waals surface area (Å²) in [4.78, 5) is 0. The molecule has 2 heterocycles. The van der Waals surface area contributed by atoms with E-state index < -0.39 is 8.32 Å². The molecule has 0 radical (unpaired) electrons. The second-order valence-corrected chi connectivity index (χ2v) is 11.6. The molecule has 0 aliphatic carbocycles. The standard InChI is InChI=1S/C14H26O3Si/c1-14(2,3)18(4,5)16-10-11-9-13-12(17-11)7-6-8-15-13/h6-7,11-13H,8-10H2,1-5H3/t11-,12+,13+/m0/s1. The summed E-state index contributed by atoms with van der Waals surface area (Å²) in [6.45, 7) is 12.8. The summed E-state index contributed by atoms with van der Waals surface area (Å²) < 4.78 is 17.9. The van der Waals surface area contributed by atoms with Crippen LogP contribution in [0.1, 0.15) is 27.2 Å². The largest absolute Gasteiger partial charge is 0.414 e. The quantitative estimate of drug-likeness (QED) is 0.582. The van der Waals surface area contributed by atoms with Gasteiger partial charge in [0.2, 0.25) is 0 Å². The molecule has 0 aromatic carbocycles. The summed E-state index contributed by atoms with van der Waals surface area (Å²) in [5, 5.41) is 0.259. The molecule has 2 rings (SSSR count). The van der Waals surface area contributed by atoms with Gasteiger partial charge in [0, 0.05) is 6.42 Å². The van der Waals surface area contributed by atoms with Crippen molar-refractivity contribution in [2.24, 2.45) is 0 Å². The molecule has 3 nitrogen and oxygen atoms in total. The van der Waals surface area contributed by atoms with Crippen LogP contribution in [0.4, 0.5) is 0 Å². The highest BCUT2D eigenvalue weighted by Gasteiger charge is 2.40. The molecule has 1 saturated heterocycles. The average molecular weight is 270 g/mol. The van der Waals surface area contributed by atoms with Gasteiger partial charge in [-0.05, 0) is 18.1 Å². The van der Waals surface area contributed by atoms with Gasteiger partial charge in [-0.15, -0.1) is 0 Å². The van der Waals surface area contributed by atoms with Gasteiger partial charge in [0.1, 0.15) is 6.10 Å². The fraction of sp³-hybridized carbons (Fsp3) is 0.857. The third kappa shape index (κ3) is 3.04. The van der Waals surface area contributed by atoms with Crippen LogP contribution in [0.3, 0.4) is 0 Å². The van der Waals surface area contributed by atoms with Crippen LogP contribution in [0.5, 0.6) is 0 Å². The normalized spacial score (nSPS) is 32.6. The van der Waals surface area contributed by atoms with Crippen molar-refractivity contribution >= 4 is 8.32 Å². The maximum absolute atomic E-state index is 6.22. The van der Waals surface area contributed by atoms with Gasteiger partial charge in [-0.25, -0.2) is 0 Å². The lowest BCUT2D eigenvalue weighted by atomic mass is 10.1. The number of hydrogen-bond donors (Lipinski definition) is 0. The van der Waals surface area contributed by atoms with Gasteiger partial charge in [0.15, 0.2) is 8.32 Å². The molecule has 104 valence electrons. The molecule has 0 spiro atoms. The molecule has 2 aliphatic rings. The maximum atomic E-state index is 6.22. The smallest absolute Gasteiger partial charge is 0.192 e. The number of rotatable bonds is 3. The van der Waals surface area contributed by atoms with Crippen LogP contribution < -0.4 is 0 Å². The molecule has 4 heteroatoms. The Kier molecular flexibility index (Phi) is 4.02. The van der Waals surface area contributed by atoms with E-state index in [0.29, 0.717) is 6.61 Å². The number of fused-ring (bicyclic) bond motifs is 1. The SMILES string of the molecule is CC(C)(C)[Si](C)(C)OC[C@@H]1C[C@H]2OCC=C[C@H]2O1. The van der Waals surface area contributed by atoms with Gasteiger partial charge >= 0.3 is 0 Å². The van der Waals surface area contributed by atoms with Crippen molar-refractivity contribution in [1.29, 1.82) is 0 Å². The molecule has 0 bridgehead atoms. The molecule has 3 atom stereocenters. The van der Waals surface area contributed by atoms with Crippen molar-refractivity contribution in [1.82, 2.24) is 0 Å². The number of hydrogen-bond acceptors (Lipinski definition) is 3. The van der Waals surface area contributed by atoms with Crippen LogP contribution in [0.2, 0.25) is 18.1 Å². The zero-order valence-electron chi connectivity index (χ0n) is 12.2. The van der Waals surface area contributed by atoms with Crippen molar-refractivity contribution in [2.75, 3.05) is 13.2 Å². The second kappa shape index (κ2) is 5.08. The van der Waals surface area contributed by atoms with Crippen molar-refractivity contribution in [3.8, 4) is 0 Å². The third-order valence-electron chi connectivity index (χ3n) is 4.38. The Labute approximate surface area is 112 Å². The summed E-state index contributed by atoms with van der Waals surface area (Å²) in [6, 6.07) is 0. The first-order valence-electron chi connectivity index (χ1n) is 6.87. The molecule has 1 fully saturated rings. The zero-order valence-corrected chi connectivity index (χ0v) is 13.2. The van der Waals surface area contributed by atoms with Crippen molar-refractivity contribution in [3.63, 3.8) is 0 Å². The van der Waals surface area contributed by atoms with E-state index in [-0.39, 0.29) is 23.4 Å². The van der Waals surface area contributed by atoms with E-state index in [9.17, 15) is 0 Å². The lowest BCUT2D eigenvalue weighted by Crippen LogP contribution is -2.42. The van der Waals surface area contributed by atoms with E-state index in [4.69, 9.17) is 13.9 Å². The van der Waals surface area contributed by atoms with Crippen molar-refractivity contribution < 1.29 is 13.9 Å². The van der Waals surface area contributed by atoms with Crippen LogP contribution in [0.15, 0.2) is 12.2 Å². The lowest BCUT2D eigenvalue weighted by Gasteiger charge is -2.36. The highest BCUT2D eigenvalue weighted by molar-refractivity contribution is 6.74. The van der Waals surface area contributed by atoms with Crippen LogP contribution in [-0.4, -0.2) is 39.8 Å². The molecular formula is C14H26O3Si. The molecule has 0 unspecified atom stereocenters. The van der Waals surface area contributed by atoms with E-state index in [1.54, 1.807) is 0 Å². The van der Waals surface area contributed by atoms with Gasteiger partial charge in [-0.1, -0.05) is 32.9 Å². The molecular weight excluding hydrogens is 244 g/mol. The molecule has 0 aromatic rings. The minimum Gasteiger partial charge on any atom is -0.414 e. The van der Waals surface area contributed by atoms with Crippen LogP contribution in [0.25, 0.3) is 0 Å². The van der Waals surface area contributed by atoms with Crippen molar-refractivity contribution in [3.05, 3.63) is 12.2 Å². The topological polar surface area (TPSA) is 27.7 Å². The van der Waals surface area contributed by atoms with E-state index in [2.05, 4.69) is 39.9 Å². The molecule has 0 saturated carbocycles. The molecule has 2 aliphatic heterocycles. The molecule has 18 heavy (non-hydrogen) atoms. The van der Waals surface area contributed by atoms with Gasteiger partial charge < -0.3 is 13.9 Å². The first kappa shape index (κ1) is 14.3. The Morgan fingerprint density at radius 3 is 2.67 bits per heavy atom. The fourth-order valence-electron chi connectivity index (χ4n) is 2.08. The Bertz CT molecular complexity index is 319. The summed E-state index contributed by atoms with van der Waals surface area (Å²) in [7, 11) is -1.66. The van der Waals surface area contributed by atoms with Gasteiger partial charge in [0.05, 0.1) is 25.4 Å². The van der Waals surface area contributed by atoms with E-state index in [1.165, 1.54) is 0 Å². The molecule has 0 amide bonds. The van der Waals surface area contributed by atoms with Crippen molar-refractivity contribution in [2.45, 2.75) is 63.6 Å². The maximum Gasteiger partial charge on any atom is 0.192 e. The summed E-state index contributed by atoms with van der Waals surface area (Å²) in [6.07, 6.45) is 5.70. The molecule has 0 N–H and O–H groups in total. The summed E-state index contributed by atoms with van der Waals surface area (Å²) >= 11 is 0. The van der Waals surface area contributed by atoms with E-state index >= 15 is 0 Å². The van der Waals surface area contributed by atoms with Gasteiger partial charge in [-0.3, -0.25) is 0 Å². The first-order chi connectivity index (χ1) is 8.29. The predicted molar refractivity (Wildman–Crippen MR) is 75.3 cm³/mol. The Balaban J connectivity index is 1.84. The lowest BCUT2D eigenvalue weighted by molar-refractivity contribution is -0.00833. The minimum absolute atomic E-state index is 0.145. The third-order valence-corrected chi connectivity index (χ3v) is 8.88. The average Bonchev–Trinajstić information content (AvgIpc) is 2.67. The summed E-state index contributed by atoms with van der Waals surface area (Å²) in [5.41, 5.74) is 0. The van der Waals surface area contributed by atoms with Crippen LogP contribution >= 0.6 is 0 Å². The summed E-state index contributed by atoms with van der Waals surface area (Å²) in [5.74, 6) is 0. The number of ether oxygens (including phenoxy) is 2. The zero-order chi connectivity index (χ0) is 13.4. The monoisotopic (exact) mass is 270 g/mol. The Morgan fingerprint density at radius 2 is 2.06 bits per heavy atom.